The van der Waals surface area contributed by atoms with Crippen molar-refractivity contribution in [3.8, 4) is 5.75 Å². The number of hydrogen-bond acceptors (Lipinski definition) is 5. The summed E-state index contributed by atoms with van der Waals surface area (Å²) in [5.74, 6) is 3.81. The van der Waals surface area contributed by atoms with Crippen LogP contribution in [0, 0.1) is 0 Å². The fourth-order valence-electron chi connectivity index (χ4n) is 3.92. The minimum absolute atomic E-state index is 0.547. The minimum Gasteiger partial charge on any atom is -0.494 e. The molecular weight excluding hydrogens is 314 g/mol. The Morgan fingerprint density at radius 2 is 2.08 bits per heavy atom. The van der Waals surface area contributed by atoms with Gasteiger partial charge in [0.05, 0.1) is 13.2 Å². The average Bonchev–Trinajstić information content (AvgIpc) is 3.07. The standard InChI is InChI=1S/C19H27N5O/c1-2-25-17-5-3-4-15(12-17)14-23-9-6-16(7-10-23)19-22-21-18-13-20-8-11-24(18)19/h3-5,12,16,20H,2,6-11,13-14H2,1H3. The molecule has 4 rings (SSSR count). The molecule has 0 aliphatic carbocycles. The largest absolute Gasteiger partial charge is 0.494 e. The molecule has 134 valence electrons. The van der Waals surface area contributed by atoms with Gasteiger partial charge >= 0.3 is 0 Å². The Morgan fingerprint density at radius 3 is 2.92 bits per heavy atom. The second-order valence-corrected chi connectivity index (χ2v) is 6.93. The Balaban J connectivity index is 1.35. The van der Waals surface area contributed by atoms with Crippen LogP contribution in [0.15, 0.2) is 24.3 Å². The number of hydrogen-bond donors (Lipinski definition) is 1. The maximum absolute atomic E-state index is 5.61. The highest BCUT2D eigenvalue weighted by Gasteiger charge is 2.26. The molecule has 1 aromatic heterocycles. The molecule has 25 heavy (non-hydrogen) atoms. The van der Waals surface area contributed by atoms with E-state index in [9.17, 15) is 0 Å². The van der Waals surface area contributed by atoms with E-state index < -0.39 is 0 Å². The van der Waals surface area contributed by atoms with Crippen LogP contribution in [-0.2, 0) is 19.6 Å². The fraction of sp³-hybridized carbons (Fsp3) is 0.579. The van der Waals surface area contributed by atoms with Crippen molar-refractivity contribution >= 4 is 0 Å². The lowest BCUT2D eigenvalue weighted by Gasteiger charge is -2.32. The monoisotopic (exact) mass is 341 g/mol. The summed E-state index contributed by atoms with van der Waals surface area (Å²) in [6.45, 7) is 8.84. The third-order valence-electron chi connectivity index (χ3n) is 5.22. The van der Waals surface area contributed by atoms with E-state index in [2.05, 4.69) is 43.2 Å². The molecule has 0 radical (unpaired) electrons. The van der Waals surface area contributed by atoms with Crippen molar-refractivity contribution in [2.75, 3.05) is 26.2 Å². The summed E-state index contributed by atoms with van der Waals surface area (Å²) in [6, 6.07) is 8.47. The first-order chi connectivity index (χ1) is 12.3. The van der Waals surface area contributed by atoms with E-state index in [1.165, 1.54) is 11.4 Å². The van der Waals surface area contributed by atoms with Crippen molar-refractivity contribution in [3.05, 3.63) is 41.5 Å². The van der Waals surface area contributed by atoms with Crippen molar-refractivity contribution in [2.45, 2.75) is 45.3 Å². The zero-order valence-corrected chi connectivity index (χ0v) is 14.9. The predicted molar refractivity (Wildman–Crippen MR) is 96.6 cm³/mol. The van der Waals surface area contributed by atoms with Crippen molar-refractivity contribution < 1.29 is 4.74 Å². The van der Waals surface area contributed by atoms with Crippen LogP contribution in [0.3, 0.4) is 0 Å². The van der Waals surface area contributed by atoms with Gasteiger partial charge < -0.3 is 14.6 Å². The van der Waals surface area contributed by atoms with E-state index in [0.29, 0.717) is 12.5 Å². The molecule has 0 spiro atoms. The summed E-state index contributed by atoms with van der Waals surface area (Å²) in [5, 5.41) is 12.2. The van der Waals surface area contributed by atoms with Gasteiger partial charge in [-0.3, -0.25) is 4.90 Å². The highest BCUT2D eigenvalue weighted by atomic mass is 16.5. The summed E-state index contributed by atoms with van der Waals surface area (Å²) < 4.78 is 7.95. The lowest BCUT2D eigenvalue weighted by molar-refractivity contribution is 0.199. The van der Waals surface area contributed by atoms with Gasteiger partial charge in [-0.05, 0) is 50.6 Å². The van der Waals surface area contributed by atoms with Gasteiger partial charge in [0, 0.05) is 25.6 Å². The molecule has 0 bridgehead atoms. The van der Waals surface area contributed by atoms with Crippen molar-refractivity contribution in [3.63, 3.8) is 0 Å². The third-order valence-corrected chi connectivity index (χ3v) is 5.22. The molecule has 2 aromatic rings. The number of likely N-dealkylation sites (tertiary alicyclic amines) is 1. The topological polar surface area (TPSA) is 55.2 Å². The second kappa shape index (κ2) is 7.54. The molecular formula is C19H27N5O. The highest BCUT2D eigenvalue weighted by molar-refractivity contribution is 5.28. The van der Waals surface area contributed by atoms with Gasteiger partial charge in [-0.25, -0.2) is 0 Å². The first-order valence-electron chi connectivity index (χ1n) is 9.40. The number of piperidine rings is 1. The first kappa shape index (κ1) is 16.5. The highest BCUT2D eigenvalue weighted by Crippen LogP contribution is 2.28. The molecule has 1 fully saturated rings. The molecule has 0 atom stereocenters. The van der Waals surface area contributed by atoms with E-state index in [1.807, 2.05) is 13.0 Å². The van der Waals surface area contributed by atoms with E-state index in [1.54, 1.807) is 0 Å². The molecule has 6 nitrogen and oxygen atoms in total. The van der Waals surface area contributed by atoms with Gasteiger partial charge in [0.2, 0.25) is 0 Å². The third kappa shape index (κ3) is 3.70. The van der Waals surface area contributed by atoms with E-state index in [4.69, 9.17) is 4.74 Å². The SMILES string of the molecule is CCOc1cccc(CN2CCC(c3nnc4n3CCNC4)CC2)c1. The summed E-state index contributed by atoms with van der Waals surface area (Å²) in [7, 11) is 0. The van der Waals surface area contributed by atoms with E-state index in [0.717, 1.165) is 63.7 Å². The molecule has 0 unspecified atom stereocenters. The van der Waals surface area contributed by atoms with Gasteiger partial charge in [0.1, 0.15) is 17.4 Å². The number of ether oxygens (including phenoxy) is 1. The quantitative estimate of drug-likeness (QED) is 0.903. The fourth-order valence-corrected chi connectivity index (χ4v) is 3.92. The van der Waals surface area contributed by atoms with Gasteiger partial charge in [0.15, 0.2) is 0 Å². The number of benzene rings is 1. The zero-order chi connectivity index (χ0) is 17.1. The summed E-state index contributed by atoms with van der Waals surface area (Å²) in [5.41, 5.74) is 1.33. The Kier molecular flexibility index (Phi) is 4.99. The molecule has 6 heteroatoms. The van der Waals surface area contributed by atoms with Gasteiger partial charge in [-0.2, -0.15) is 0 Å². The van der Waals surface area contributed by atoms with Gasteiger partial charge in [-0.15, -0.1) is 10.2 Å². The predicted octanol–water partition coefficient (Wildman–Crippen LogP) is 2.16. The van der Waals surface area contributed by atoms with Crippen LogP contribution in [0.2, 0.25) is 0 Å². The molecule has 0 saturated carbocycles. The van der Waals surface area contributed by atoms with Crippen molar-refractivity contribution in [2.24, 2.45) is 0 Å². The number of nitrogens with one attached hydrogen (secondary N) is 1. The smallest absolute Gasteiger partial charge is 0.147 e. The minimum atomic E-state index is 0.547. The van der Waals surface area contributed by atoms with Crippen LogP contribution in [-0.4, -0.2) is 45.9 Å². The number of rotatable bonds is 5. The molecule has 2 aliphatic rings. The zero-order valence-electron chi connectivity index (χ0n) is 14.9. The number of fused-ring (bicyclic) bond motifs is 1. The van der Waals surface area contributed by atoms with Crippen molar-refractivity contribution in [1.29, 1.82) is 0 Å². The Labute approximate surface area is 149 Å². The van der Waals surface area contributed by atoms with E-state index >= 15 is 0 Å². The Hall–Kier alpha value is -1.92. The van der Waals surface area contributed by atoms with E-state index in [-0.39, 0.29) is 0 Å². The summed E-state index contributed by atoms with van der Waals surface area (Å²) in [4.78, 5) is 2.54. The number of nitrogens with zero attached hydrogens (tertiary/aromatic N) is 4. The van der Waals surface area contributed by atoms with Crippen LogP contribution in [0.1, 0.15) is 42.9 Å². The normalized spacial score (nSPS) is 18.9. The summed E-state index contributed by atoms with van der Waals surface area (Å²) >= 11 is 0. The van der Waals surface area contributed by atoms with Crippen molar-refractivity contribution in [1.82, 2.24) is 25.0 Å². The molecule has 3 heterocycles. The lowest BCUT2D eigenvalue weighted by atomic mass is 9.95. The molecule has 1 aromatic carbocycles. The van der Waals surface area contributed by atoms with Gasteiger partial charge in [0.25, 0.3) is 0 Å². The maximum atomic E-state index is 5.61. The lowest BCUT2D eigenvalue weighted by Crippen LogP contribution is -2.34. The molecule has 1 saturated heterocycles. The Bertz CT molecular complexity index is 706. The molecule has 0 amide bonds. The van der Waals surface area contributed by atoms with Crippen LogP contribution in [0.25, 0.3) is 0 Å². The first-order valence-corrected chi connectivity index (χ1v) is 9.40. The average molecular weight is 341 g/mol. The van der Waals surface area contributed by atoms with Gasteiger partial charge in [-0.1, -0.05) is 12.1 Å². The number of aromatic nitrogens is 3. The van der Waals surface area contributed by atoms with Crippen LogP contribution >= 0.6 is 0 Å². The van der Waals surface area contributed by atoms with Crippen LogP contribution in [0.4, 0.5) is 0 Å². The second-order valence-electron chi connectivity index (χ2n) is 6.93. The van der Waals surface area contributed by atoms with Crippen LogP contribution < -0.4 is 10.1 Å². The molecule has 2 aliphatic heterocycles. The Morgan fingerprint density at radius 1 is 1.20 bits per heavy atom. The summed E-state index contributed by atoms with van der Waals surface area (Å²) in [6.07, 6.45) is 2.33. The van der Waals surface area contributed by atoms with Crippen LogP contribution in [0.5, 0.6) is 5.75 Å². The maximum Gasteiger partial charge on any atom is 0.147 e. The molecule has 1 N–H and O–H groups in total.